The highest BCUT2D eigenvalue weighted by Crippen LogP contribution is 2.29. The second-order valence-electron chi connectivity index (χ2n) is 4.96. The number of rotatable bonds is 2. The first-order valence-corrected chi connectivity index (χ1v) is 6.96. The van der Waals surface area contributed by atoms with Gasteiger partial charge in [0.1, 0.15) is 5.15 Å². The summed E-state index contributed by atoms with van der Waals surface area (Å²) in [7, 11) is 0. The average Bonchev–Trinajstić information content (AvgIpc) is 2.31. The third-order valence-corrected chi connectivity index (χ3v) is 3.79. The summed E-state index contributed by atoms with van der Waals surface area (Å²) in [6.07, 6.45) is 0. The van der Waals surface area contributed by atoms with Crippen molar-refractivity contribution in [2.75, 3.05) is 0 Å². The standard InChI is InChI=1S/C15H16Cl2N2/c1-8(2)13-10(4)18-15(19-14(13)17)11-6-5-9(3)12(16)7-11/h5-8H,1-4H3. The lowest BCUT2D eigenvalue weighted by Gasteiger charge is -2.12. The van der Waals surface area contributed by atoms with E-state index in [1.165, 1.54) is 0 Å². The number of aromatic nitrogens is 2. The van der Waals surface area contributed by atoms with Crippen LogP contribution in [0.4, 0.5) is 0 Å². The summed E-state index contributed by atoms with van der Waals surface area (Å²) in [5.74, 6) is 0.928. The minimum absolute atomic E-state index is 0.308. The van der Waals surface area contributed by atoms with Crippen LogP contribution in [-0.2, 0) is 0 Å². The Morgan fingerprint density at radius 3 is 2.26 bits per heavy atom. The van der Waals surface area contributed by atoms with E-state index in [0.717, 1.165) is 22.4 Å². The Bertz CT molecular complexity index is 599. The van der Waals surface area contributed by atoms with Crippen LogP contribution < -0.4 is 0 Å². The minimum atomic E-state index is 0.308. The molecule has 1 aromatic heterocycles. The number of halogens is 2. The summed E-state index contributed by atoms with van der Waals surface area (Å²) >= 11 is 12.4. The molecule has 0 aliphatic rings. The van der Waals surface area contributed by atoms with Crippen LogP contribution in [0, 0.1) is 13.8 Å². The Hall–Kier alpha value is -1.12. The zero-order chi connectivity index (χ0) is 14.2. The Kier molecular flexibility index (Phi) is 4.12. The molecule has 0 N–H and O–H groups in total. The smallest absolute Gasteiger partial charge is 0.161 e. The van der Waals surface area contributed by atoms with Crippen molar-refractivity contribution >= 4 is 23.2 Å². The fraction of sp³-hybridized carbons (Fsp3) is 0.333. The van der Waals surface area contributed by atoms with Gasteiger partial charge in [-0.2, -0.15) is 0 Å². The Labute approximate surface area is 123 Å². The molecule has 0 amide bonds. The number of benzene rings is 1. The third kappa shape index (κ3) is 2.90. The number of nitrogens with zero attached hydrogens (tertiary/aromatic N) is 2. The molecule has 1 aromatic carbocycles. The van der Waals surface area contributed by atoms with Gasteiger partial charge < -0.3 is 0 Å². The number of hydrogen-bond acceptors (Lipinski definition) is 2. The van der Waals surface area contributed by atoms with Crippen LogP contribution >= 0.6 is 23.2 Å². The van der Waals surface area contributed by atoms with Crippen LogP contribution in [0.5, 0.6) is 0 Å². The predicted octanol–water partition coefficient (Wildman–Crippen LogP) is 5.19. The van der Waals surface area contributed by atoms with Crippen molar-refractivity contribution in [1.82, 2.24) is 9.97 Å². The monoisotopic (exact) mass is 294 g/mol. The van der Waals surface area contributed by atoms with E-state index in [1.54, 1.807) is 0 Å². The third-order valence-electron chi connectivity index (χ3n) is 3.10. The normalized spacial score (nSPS) is 11.1. The molecule has 0 saturated heterocycles. The van der Waals surface area contributed by atoms with Gasteiger partial charge in [0.2, 0.25) is 0 Å². The Morgan fingerprint density at radius 2 is 1.74 bits per heavy atom. The molecule has 2 aromatic rings. The van der Waals surface area contributed by atoms with Crippen molar-refractivity contribution in [3.63, 3.8) is 0 Å². The minimum Gasteiger partial charge on any atom is -0.233 e. The van der Waals surface area contributed by atoms with Crippen LogP contribution in [0.3, 0.4) is 0 Å². The van der Waals surface area contributed by atoms with Crippen LogP contribution in [0.25, 0.3) is 11.4 Å². The summed E-state index contributed by atoms with van der Waals surface area (Å²) in [4.78, 5) is 8.93. The first-order chi connectivity index (χ1) is 8.90. The number of aryl methyl sites for hydroxylation is 2. The summed E-state index contributed by atoms with van der Waals surface area (Å²) in [5, 5.41) is 1.23. The van der Waals surface area contributed by atoms with E-state index in [2.05, 4.69) is 23.8 Å². The SMILES string of the molecule is Cc1ccc(-c2nc(C)c(C(C)C)c(Cl)n2)cc1Cl. The summed E-state index contributed by atoms with van der Waals surface area (Å²) < 4.78 is 0. The van der Waals surface area contributed by atoms with Crippen molar-refractivity contribution in [1.29, 1.82) is 0 Å². The van der Waals surface area contributed by atoms with Crippen molar-refractivity contribution in [3.05, 3.63) is 45.2 Å². The molecule has 100 valence electrons. The zero-order valence-corrected chi connectivity index (χ0v) is 13.0. The molecular weight excluding hydrogens is 279 g/mol. The largest absolute Gasteiger partial charge is 0.233 e. The van der Waals surface area contributed by atoms with E-state index in [4.69, 9.17) is 23.2 Å². The molecule has 0 unspecified atom stereocenters. The molecule has 0 atom stereocenters. The van der Waals surface area contributed by atoms with Gasteiger partial charge >= 0.3 is 0 Å². The highest BCUT2D eigenvalue weighted by molar-refractivity contribution is 6.31. The van der Waals surface area contributed by atoms with Crippen molar-refractivity contribution in [2.45, 2.75) is 33.6 Å². The molecule has 0 spiro atoms. The van der Waals surface area contributed by atoms with Gasteiger partial charge in [-0.05, 0) is 31.4 Å². The van der Waals surface area contributed by atoms with Crippen molar-refractivity contribution in [2.24, 2.45) is 0 Å². The van der Waals surface area contributed by atoms with Gasteiger partial charge in [0.15, 0.2) is 5.82 Å². The molecule has 0 bridgehead atoms. The van der Waals surface area contributed by atoms with Crippen molar-refractivity contribution in [3.8, 4) is 11.4 Å². The second kappa shape index (κ2) is 5.48. The first-order valence-electron chi connectivity index (χ1n) is 6.20. The molecule has 2 rings (SSSR count). The van der Waals surface area contributed by atoms with Gasteiger partial charge in [-0.25, -0.2) is 9.97 Å². The summed E-state index contributed by atoms with van der Waals surface area (Å²) in [6, 6.07) is 5.79. The zero-order valence-electron chi connectivity index (χ0n) is 11.5. The molecule has 2 nitrogen and oxygen atoms in total. The first kappa shape index (κ1) is 14.3. The van der Waals surface area contributed by atoms with E-state index in [-0.39, 0.29) is 0 Å². The molecule has 0 fully saturated rings. The second-order valence-corrected chi connectivity index (χ2v) is 5.72. The van der Waals surface area contributed by atoms with E-state index in [0.29, 0.717) is 21.9 Å². The van der Waals surface area contributed by atoms with E-state index >= 15 is 0 Å². The highest BCUT2D eigenvalue weighted by Gasteiger charge is 2.14. The lowest BCUT2D eigenvalue weighted by molar-refractivity contribution is 0.831. The van der Waals surface area contributed by atoms with Gasteiger partial charge in [0, 0.05) is 21.8 Å². The van der Waals surface area contributed by atoms with Crippen LogP contribution in [0.15, 0.2) is 18.2 Å². The maximum atomic E-state index is 6.27. The molecule has 1 heterocycles. The van der Waals surface area contributed by atoms with Gasteiger partial charge in [0.05, 0.1) is 0 Å². The van der Waals surface area contributed by atoms with Crippen LogP contribution in [-0.4, -0.2) is 9.97 Å². The average molecular weight is 295 g/mol. The van der Waals surface area contributed by atoms with E-state index in [1.807, 2.05) is 32.0 Å². The maximum absolute atomic E-state index is 6.27. The molecular formula is C15H16Cl2N2. The fourth-order valence-electron chi connectivity index (χ4n) is 2.06. The molecule has 0 aliphatic heterocycles. The van der Waals surface area contributed by atoms with E-state index in [9.17, 15) is 0 Å². The van der Waals surface area contributed by atoms with E-state index < -0.39 is 0 Å². The fourth-order valence-corrected chi connectivity index (χ4v) is 2.68. The molecule has 0 saturated carbocycles. The summed E-state index contributed by atoms with van der Waals surface area (Å²) in [5.41, 5.74) is 3.84. The highest BCUT2D eigenvalue weighted by atomic mass is 35.5. The van der Waals surface area contributed by atoms with Gasteiger partial charge in [-0.3, -0.25) is 0 Å². The molecule has 0 radical (unpaired) electrons. The molecule has 0 aliphatic carbocycles. The number of hydrogen-bond donors (Lipinski definition) is 0. The van der Waals surface area contributed by atoms with Gasteiger partial charge in [-0.1, -0.05) is 49.2 Å². The topological polar surface area (TPSA) is 25.8 Å². The quantitative estimate of drug-likeness (QED) is 0.712. The summed E-state index contributed by atoms with van der Waals surface area (Å²) in [6.45, 7) is 8.09. The predicted molar refractivity (Wildman–Crippen MR) is 81.1 cm³/mol. The lowest BCUT2D eigenvalue weighted by Crippen LogP contribution is -2.02. The van der Waals surface area contributed by atoms with Crippen LogP contribution in [0.2, 0.25) is 10.2 Å². The van der Waals surface area contributed by atoms with Gasteiger partial charge in [-0.15, -0.1) is 0 Å². The molecule has 4 heteroatoms. The Morgan fingerprint density at radius 1 is 1.05 bits per heavy atom. The lowest BCUT2D eigenvalue weighted by atomic mass is 10.0. The van der Waals surface area contributed by atoms with Crippen molar-refractivity contribution < 1.29 is 0 Å². The Balaban J connectivity index is 2.55. The molecule has 19 heavy (non-hydrogen) atoms. The maximum Gasteiger partial charge on any atom is 0.161 e. The van der Waals surface area contributed by atoms with Gasteiger partial charge in [0.25, 0.3) is 0 Å². The van der Waals surface area contributed by atoms with Crippen LogP contribution in [0.1, 0.15) is 36.6 Å².